The van der Waals surface area contributed by atoms with Gasteiger partial charge in [0.05, 0.1) is 6.54 Å². The van der Waals surface area contributed by atoms with Gasteiger partial charge in [0.25, 0.3) is 5.91 Å². The predicted molar refractivity (Wildman–Crippen MR) is 109 cm³/mol. The average Bonchev–Trinajstić information content (AvgIpc) is 3.41. The number of H-pyrrole nitrogens is 1. The van der Waals surface area contributed by atoms with Gasteiger partial charge in [0, 0.05) is 23.4 Å². The number of carbonyl (C=O) groups is 1. The number of hydrogen-bond acceptors (Lipinski definition) is 5. The topological polar surface area (TPSA) is 99.9 Å². The lowest BCUT2D eigenvalue weighted by Crippen LogP contribution is -2.19. The van der Waals surface area contributed by atoms with E-state index in [0.29, 0.717) is 23.8 Å². The third kappa shape index (κ3) is 4.27. The lowest BCUT2D eigenvalue weighted by atomic mass is 10.1. The van der Waals surface area contributed by atoms with Crippen molar-refractivity contribution < 1.29 is 4.79 Å². The van der Waals surface area contributed by atoms with Gasteiger partial charge in [-0.05, 0) is 67.9 Å². The van der Waals surface area contributed by atoms with Gasteiger partial charge in [-0.2, -0.15) is 5.10 Å². The number of likely N-dealkylation sites (tertiary alicyclic amines) is 1. The van der Waals surface area contributed by atoms with E-state index >= 15 is 0 Å². The molecule has 4 rings (SSSR count). The van der Waals surface area contributed by atoms with Crippen molar-refractivity contribution in [3.63, 3.8) is 0 Å². The van der Waals surface area contributed by atoms with Crippen LogP contribution in [0.4, 0.5) is 5.69 Å². The number of benzene rings is 2. The van der Waals surface area contributed by atoms with E-state index < -0.39 is 0 Å². The Kier molecular flexibility index (Phi) is 5.45. The second kappa shape index (κ2) is 8.33. The second-order valence-corrected chi connectivity index (χ2v) is 7.02. The van der Waals surface area contributed by atoms with Crippen LogP contribution in [0.3, 0.4) is 0 Å². The molecule has 1 amide bonds. The fraction of sp³-hybridized carbons (Fsp3) is 0.286. The van der Waals surface area contributed by atoms with Gasteiger partial charge in [-0.3, -0.25) is 14.8 Å². The summed E-state index contributed by atoms with van der Waals surface area (Å²) in [4.78, 5) is 19.4. The van der Waals surface area contributed by atoms with E-state index in [9.17, 15) is 4.79 Å². The smallest absolute Gasteiger partial charge is 0.255 e. The van der Waals surface area contributed by atoms with Crippen LogP contribution in [0.5, 0.6) is 0 Å². The zero-order valence-electron chi connectivity index (χ0n) is 15.7. The molecule has 0 bridgehead atoms. The number of hydrogen-bond donors (Lipinski definition) is 3. The molecule has 1 aliphatic rings. The molecule has 0 saturated carbocycles. The van der Waals surface area contributed by atoms with Crippen molar-refractivity contribution in [2.75, 3.05) is 18.4 Å². The maximum Gasteiger partial charge on any atom is 0.255 e. The lowest BCUT2D eigenvalue weighted by Gasteiger charge is -2.15. The molecule has 7 nitrogen and oxygen atoms in total. The van der Waals surface area contributed by atoms with Gasteiger partial charge < -0.3 is 11.1 Å². The molecule has 0 aliphatic carbocycles. The maximum absolute atomic E-state index is 12.6. The van der Waals surface area contributed by atoms with E-state index in [0.717, 1.165) is 30.9 Å². The minimum absolute atomic E-state index is 0.112. The van der Waals surface area contributed by atoms with E-state index in [1.807, 2.05) is 42.5 Å². The zero-order chi connectivity index (χ0) is 19.3. The number of nitrogens with two attached hydrogens (primary N) is 1. The van der Waals surface area contributed by atoms with E-state index in [4.69, 9.17) is 5.73 Å². The van der Waals surface area contributed by atoms with Crippen LogP contribution in [-0.4, -0.2) is 39.1 Å². The van der Waals surface area contributed by atoms with E-state index in [-0.39, 0.29) is 5.91 Å². The molecule has 1 aliphatic heterocycles. The Labute approximate surface area is 164 Å². The maximum atomic E-state index is 12.6. The van der Waals surface area contributed by atoms with Crippen LogP contribution in [0.1, 0.15) is 34.6 Å². The first kappa shape index (κ1) is 18.3. The Balaban J connectivity index is 1.41. The third-order valence-electron chi connectivity index (χ3n) is 4.92. The summed E-state index contributed by atoms with van der Waals surface area (Å²) in [5, 5.41) is 9.89. The van der Waals surface area contributed by atoms with Crippen molar-refractivity contribution in [1.29, 1.82) is 0 Å². The van der Waals surface area contributed by atoms with Crippen LogP contribution in [0.15, 0.2) is 48.5 Å². The molecule has 4 N–H and O–H groups in total. The first-order valence-corrected chi connectivity index (χ1v) is 9.56. The third-order valence-corrected chi connectivity index (χ3v) is 4.92. The number of carbonyl (C=O) groups excluding carboxylic acids is 1. The van der Waals surface area contributed by atoms with Gasteiger partial charge in [-0.1, -0.05) is 12.1 Å². The Morgan fingerprint density at radius 2 is 1.93 bits per heavy atom. The summed E-state index contributed by atoms with van der Waals surface area (Å²) < 4.78 is 0. The lowest BCUT2D eigenvalue weighted by molar-refractivity contribution is 0.102. The Hall–Kier alpha value is -3.03. The zero-order valence-corrected chi connectivity index (χ0v) is 15.7. The first-order chi connectivity index (χ1) is 13.7. The molecule has 0 unspecified atom stereocenters. The Morgan fingerprint density at radius 3 is 2.64 bits per heavy atom. The van der Waals surface area contributed by atoms with Gasteiger partial charge in [0.1, 0.15) is 5.82 Å². The summed E-state index contributed by atoms with van der Waals surface area (Å²) in [5.74, 6) is 1.12. The van der Waals surface area contributed by atoms with Crippen LogP contribution in [0.2, 0.25) is 0 Å². The minimum Gasteiger partial charge on any atom is -0.324 e. The van der Waals surface area contributed by atoms with Gasteiger partial charge in [0.15, 0.2) is 5.82 Å². The van der Waals surface area contributed by atoms with Gasteiger partial charge in [-0.25, -0.2) is 4.98 Å². The number of amides is 1. The van der Waals surface area contributed by atoms with Crippen molar-refractivity contribution in [3.8, 4) is 11.4 Å². The van der Waals surface area contributed by atoms with Crippen molar-refractivity contribution in [2.24, 2.45) is 5.73 Å². The standard InChI is InChI=1S/C21H24N6O/c22-13-19-24-20(26-25-19)16-6-8-18(9-7-16)23-21(28)17-5-3-4-15(12-17)14-27-10-1-2-11-27/h3-9,12H,1-2,10-11,13-14,22H2,(H,23,28)(H,24,25,26). The molecule has 1 aromatic heterocycles. The summed E-state index contributed by atoms with van der Waals surface area (Å²) in [6, 6.07) is 15.3. The Bertz CT molecular complexity index is 944. The fourth-order valence-corrected chi connectivity index (χ4v) is 3.43. The average molecular weight is 376 g/mol. The number of aromatic nitrogens is 3. The van der Waals surface area contributed by atoms with Crippen LogP contribution < -0.4 is 11.1 Å². The van der Waals surface area contributed by atoms with Crippen LogP contribution in [-0.2, 0) is 13.1 Å². The van der Waals surface area contributed by atoms with E-state index in [1.165, 1.54) is 18.4 Å². The largest absolute Gasteiger partial charge is 0.324 e. The van der Waals surface area contributed by atoms with Crippen LogP contribution >= 0.6 is 0 Å². The van der Waals surface area contributed by atoms with Crippen molar-refractivity contribution >= 4 is 11.6 Å². The van der Waals surface area contributed by atoms with Crippen molar-refractivity contribution in [2.45, 2.75) is 25.9 Å². The molecule has 1 saturated heterocycles. The fourth-order valence-electron chi connectivity index (χ4n) is 3.43. The van der Waals surface area contributed by atoms with E-state index in [2.05, 4.69) is 31.5 Å². The molecule has 0 atom stereocenters. The van der Waals surface area contributed by atoms with Gasteiger partial charge >= 0.3 is 0 Å². The Morgan fingerprint density at radius 1 is 1.14 bits per heavy atom. The number of rotatable bonds is 6. The number of nitrogens with zero attached hydrogens (tertiary/aromatic N) is 3. The summed E-state index contributed by atoms with van der Waals surface area (Å²) >= 11 is 0. The van der Waals surface area contributed by atoms with Gasteiger partial charge in [0.2, 0.25) is 0 Å². The first-order valence-electron chi connectivity index (χ1n) is 9.56. The highest BCUT2D eigenvalue weighted by molar-refractivity contribution is 6.04. The SMILES string of the molecule is NCc1nc(-c2ccc(NC(=O)c3cccc(CN4CCCC4)c3)cc2)n[nH]1. The summed E-state index contributed by atoms with van der Waals surface area (Å²) in [7, 11) is 0. The van der Waals surface area contributed by atoms with Gasteiger partial charge in [-0.15, -0.1) is 0 Å². The highest BCUT2D eigenvalue weighted by Crippen LogP contribution is 2.19. The highest BCUT2D eigenvalue weighted by Gasteiger charge is 2.13. The van der Waals surface area contributed by atoms with E-state index in [1.54, 1.807) is 0 Å². The number of anilines is 1. The molecule has 2 heterocycles. The number of nitrogens with one attached hydrogen (secondary N) is 2. The summed E-state index contributed by atoms with van der Waals surface area (Å²) in [5.41, 5.74) is 8.98. The molecule has 28 heavy (non-hydrogen) atoms. The van der Waals surface area contributed by atoms with Crippen molar-refractivity contribution in [1.82, 2.24) is 20.1 Å². The molecular formula is C21H24N6O. The molecule has 0 spiro atoms. The summed E-state index contributed by atoms with van der Waals surface area (Å²) in [6.07, 6.45) is 2.52. The molecule has 144 valence electrons. The highest BCUT2D eigenvalue weighted by atomic mass is 16.1. The number of aromatic amines is 1. The minimum atomic E-state index is -0.112. The monoisotopic (exact) mass is 376 g/mol. The quantitative estimate of drug-likeness (QED) is 0.614. The van der Waals surface area contributed by atoms with Crippen LogP contribution in [0.25, 0.3) is 11.4 Å². The molecular weight excluding hydrogens is 352 g/mol. The molecule has 0 radical (unpaired) electrons. The molecule has 2 aromatic carbocycles. The summed E-state index contributed by atoms with van der Waals surface area (Å²) in [6.45, 7) is 3.50. The normalized spacial score (nSPS) is 14.3. The molecule has 3 aromatic rings. The molecule has 7 heteroatoms. The predicted octanol–water partition coefficient (Wildman–Crippen LogP) is 2.78. The van der Waals surface area contributed by atoms with Crippen molar-refractivity contribution in [3.05, 3.63) is 65.5 Å². The van der Waals surface area contributed by atoms with Crippen LogP contribution in [0, 0.1) is 0 Å². The molecule has 1 fully saturated rings. The second-order valence-electron chi connectivity index (χ2n) is 7.02.